The maximum absolute atomic E-state index is 11.3. The summed E-state index contributed by atoms with van der Waals surface area (Å²) in [5, 5.41) is 4.22. The Labute approximate surface area is 111 Å². The summed E-state index contributed by atoms with van der Waals surface area (Å²) in [5.41, 5.74) is 1.80. The zero-order valence-corrected chi connectivity index (χ0v) is 10.4. The molecule has 0 saturated heterocycles. The van der Waals surface area contributed by atoms with Crippen molar-refractivity contribution in [1.29, 1.82) is 0 Å². The number of hydrogen-bond donors (Lipinski definition) is 0. The van der Waals surface area contributed by atoms with Gasteiger partial charge in [-0.3, -0.25) is 0 Å². The number of carbonyl (C=O) groups is 1. The number of esters is 1. The Hall–Kier alpha value is -2.62. The van der Waals surface area contributed by atoms with E-state index in [1.807, 2.05) is 36.5 Å². The van der Waals surface area contributed by atoms with Gasteiger partial charge in [-0.05, 0) is 18.2 Å². The molecular weight excluding hydrogens is 240 g/mol. The second-order valence-corrected chi connectivity index (χ2v) is 3.81. The van der Waals surface area contributed by atoms with Crippen LogP contribution >= 0.6 is 0 Å². The Morgan fingerprint density at radius 3 is 2.89 bits per heavy atom. The lowest BCUT2D eigenvalue weighted by Crippen LogP contribution is -1.99. The highest BCUT2D eigenvalue weighted by molar-refractivity contribution is 5.86. The van der Waals surface area contributed by atoms with Crippen molar-refractivity contribution in [1.82, 2.24) is 9.78 Å². The first-order valence-corrected chi connectivity index (χ1v) is 5.85. The molecule has 96 valence electrons. The number of nitrogens with zero attached hydrogens (tertiary/aromatic N) is 2. The van der Waals surface area contributed by atoms with Crippen LogP contribution in [0.15, 0.2) is 61.5 Å². The summed E-state index contributed by atoms with van der Waals surface area (Å²) < 4.78 is 6.58. The van der Waals surface area contributed by atoms with Gasteiger partial charge in [-0.1, -0.05) is 30.9 Å². The number of benzene rings is 1. The molecule has 0 aliphatic heterocycles. The number of para-hydroxylation sites is 1. The molecule has 0 spiro atoms. The van der Waals surface area contributed by atoms with E-state index in [4.69, 9.17) is 4.74 Å². The molecule has 19 heavy (non-hydrogen) atoms. The minimum absolute atomic E-state index is 0.215. The zero-order chi connectivity index (χ0) is 13.5. The molecule has 0 aliphatic rings. The SMILES string of the molecule is C=CCOC(=O)/C=C/c1cnn(-c2ccccc2)c1. The smallest absolute Gasteiger partial charge is 0.331 e. The number of aromatic nitrogens is 2. The van der Waals surface area contributed by atoms with Crippen LogP contribution in [0.25, 0.3) is 11.8 Å². The lowest BCUT2D eigenvalue weighted by Gasteiger charge is -1.98. The van der Waals surface area contributed by atoms with Crippen molar-refractivity contribution in [2.75, 3.05) is 6.61 Å². The van der Waals surface area contributed by atoms with Crippen molar-refractivity contribution in [2.24, 2.45) is 0 Å². The first-order valence-electron chi connectivity index (χ1n) is 5.85. The van der Waals surface area contributed by atoms with E-state index in [9.17, 15) is 4.79 Å². The van der Waals surface area contributed by atoms with E-state index in [-0.39, 0.29) is 6.61 Å². The topological polar surface area (TPSA) is 44.1 Å². The first kappa shape index (κ1) is 12.8. The van der Waals surface area contributed by atoms with E-state index in [0.717, 1.165) is 11.3 Å². The van der Waals surface area contributed by atoms with Gasteiger partial charge in [0.05, 0.1) is 11.9 Å². The third-order valence-corrected chi connectivity index (χ3v) is 2.38. The fraction of sp³-hybridized carbons (Fsp3) is 0.0667. The molecule has 0 bridgehead atoms. The van der Waals surface area contributed by atoms with Crippen molar-refractivity contribution in [3.05, 3.63) is 67.0 Å². The third kappa shape index (κ3) is 3.67. The van der Waals surface area contributed by atoms with Crippen molar-refractivity contribution >= 4 is 12.0 Å². The molecule has 0 saturated carbocycles. The summed E-state index contributed by atoms with van der Waals surface area (Å²) in [7, 11) is 0. The molecule has 0 amide bonds. The van der Waals surface area contributed by atoms with Crippen molar-refractivity contribution in [3.63, 3.8) is 0 Å². The molecule has 4 nitrogen and oxygen atoms in total. The molecule has 0 unspecified atom stereocenters. The molecule has 0 aliphatic carbocycles. The van der Waals surface area contributed by atoms with Gasteiger partial charge < -0.3 is 4.74 Å². The van der Waals surface area contributed by atoms with E-state index in [1.165, 1.54) is 12.2 Å². The molecule has 0 radical (unpaired) electrons. The normalized spacial score (nSPS) is 10.5. The van der Waals surface area contributed by atoms with Crippen LogP contribution in [0.1, 0.15) is 5.56 Å². The molecule has 0 fully saturated rings. The van der Waals surface area contributed by atoms with Gasteiger partial charge >= 0.3 is 5.97 Å². The van der Waals surface area contributed by atoms with Gasteiger partial charge in [-0.25, -0.2) is 9.48 Å². The first-order chi connectivity index (χ1) is 9.29. The third-order valence-electron chi connectivity index (χ3n) is 2.38. The van der Waals surface area contributed by atoms with Crippen molar-refractivity contribution in [3.8, 4) is 5.69 Å². The Morgan fingerprint density at radius 2 is 2.16 bits per heavy atom. The quantitative estimate of drug-likeness (QED) is 0.468. The van der Waals surface area contributed by atoms with Crippen LogP contribution < -0.4 is 0 Å². The number of hydrogen-bond acceptors (Lipinski definition) is 3. The van der Waals surface area contributed by atoms with Gasteiger partial charge in [0.15, 0.2) is 0 Å². The monoisotopic (exact) mass is 254 g/mol. The van der Waals surface area contributed by atoms with Crippen LogP contribution in [-0.4, -0.2) is 22.4 Å². The van der Waals surface area contributed by atoms with Gasteiger partial charge in [0.2, 0.25) is 0 Å². The van der Waals surface area contributed by atoms with E-state index < -0.39 is 5.97 Å². The average Bonchev–Trinajstić information content (AvgIpc) is 2.93. The van der Waals surface area contributed by atoms with Gasteiger partial charge in [-0.15, -0.1) is 0 Å². The van der Waals surface area contributed by atoms with E-state index in [1.54, 1.807) is 17.0 Å². The molecule has 0 atom stereocenters. The molecule has 1 aromatic carbocycles. The van der Waals surface area contributed by atoms with Gasteiger partial charge in [0.25, 0.3) is 0 Å². The van der Waals surface area contributed by atoms with Gasteiger partial charge in [0, 0.05) is 17.8 Å². The largest absolute Gasteiger partial charge is 0.458 e. The van der Waals surface area contributed by atoms with E-state index in [0.29, 0.717) is 0 Å². The molecule has 1 heterocycles. The Morgan fingerprint density at radius 1 is 1.37 bits per heavy atom. The maximum Gasteiger partial charge on any atom is 0.331 e. The van der Waals surface area contributed by atoms with Crippen LogP contribution in [0, 0.1) is 0 Å². The summed E-state index contributed by atoms with van der Waals surface area (Å²) in [4.78, 5) is 11.3. The Bertz CT molecular complexity index is 585. The van der Waals surface area contributed by atoms with Crippen LogP contribution in [0.2, 0.25) is 0 Å². The van der Waals surface area contributed by atoms with Crippen molar-refractivity contribution < 1.29 is 9.53 Å². The summed E-state index contributed by atoms with van der Waals surface area (Å²) in [6.07, 6.45) is 8.09. The minimum atomic E-state index is -0.396. The van der Waals surface area contributed by atoms with Crippen molar-refractivity contribution in [2.45, 2.75) is 0 Å². The fourth-order valence-corrected chi connectivity index (χ4v) is 1.50. The number of carbonyl (C=O) groups excluding carboxylic acids is 1. The van der Waals surface area contributed by atoms with Crippen LogP contribution in [0.5, 0.6) is 0 Å². The summed E-state index contributed by atoms with van der Waals surface area (Å²) in [5.74, 6) is -0.396. The summed E-state index contributed by atoms with van der Waals surface area (Å²) in [6, 6.07) is 9.75. The predicted octanol–water partition coefficient (Wildman–Crippen LogP) is 2.61. The Balaban J connectivity index is 2.04. The van der Waals surface area contributed by atoms with Crippen LogP contribution in [0.4, 0.5) is 0 Å². The molecule has 2 aromatic rings. The molecular formula is C15H14N2O2. The minimum Gasteiger partial charge on any atom is -0.458 e. The second-order valence-electron chi connectivity index (χ2n) is 3.81. The van der Waals surface area contributed by atoms with Gasteiger partial charge in [-0.2, -0.15) is 5.10 Å². The highest BCUT2D eigenvalue weighted by Gasteiger charge is 1.99. The molecule has 1 aromatic heterocycles. The maximum atomic E-state index is 11.3. The highest BCUT2D eigenvalue weighted by Crippen LogP contribution is 2.08. The molecule has 0 N–H and O–H groups in total. The lowest BCUT2D eigenvalue weighted by molar-refractivity contribution is -0.136. The number of rotatable bonds is 5. The van der Waals surface area contributed by atoms with E-state index in [2.05, 4.69) is 11.7 Å². The highest BCUT2D eigenvalue weighted by atomic mass is 16.5. The van der Waals surface area contributed by atoms with Gasteiger partial charge in [0.1, 0.15) is 6.61 Å². The summed E-state index contributed by atoms with van der Waals surface area (Å²) in [6.45, 7) is 3.69. The standard InChI is InChI=1S/C15H14N2O2/c1-2-10-19-15(18)9-8-13-11-16-17(12-13)14-6-4-3-5-7-14/h2-9,11-12H,1,10H2/b9-8+. The fourth-order valence-electron chi connectivity index (χ4n) is 1.50. The zero-order valence-electron chi connectivity index (χ0n) is 10.4. The summed E-state index contributed by atoms with van der Waals surface area (Å²) >= 11 is 0. The number of ether oxygens (including phenoxy) is 1. The molecule has 4 heteroatoms. The second kappa shape index (κ2) is 6.35. The predicted molar refractivity (Wildman–Crippen MR) is 73.8 cm³/mol. The van der Waals surface area contributed by atoms with Crippen LogP contribution in [0.3, 0.4) is 0 Å². The molecule has 2 rings (SSSR count). The Kier molecular flexibility index (Phi) is 4.29. The average molecular weight is 254 g/mol. The van der Waals surface area contributed by atoms with E-state index >= 15 is 0 Å². The van der Waals surface area contributed by atoms with Crippen LogP contribution in [-0.2, 0) is 9.53 Å². The lowest BCUT2D eigenvalue weighted by atomic mass is 10.3.